The van der Waals surface area contributed by atoms with Crippen molar-refractivity contribution in [3.63, 3.8) is 0 Å². The van der Waals surface area contributed by atoms with Gasteiger partial charge in [-0.1, -0.05) is 0 Å². The zero-order chi connectivity index (χ0) is 5.11. The Morgan fingerprint density at radius 1 is 1.71 bits per heavy atom. The van der Waals surface area contributed by atoms with E-state index < -0.39 is 0 Å². The second-order valence-corrected chi connectivity index (χ2v) is 2.59. The van der Waals surface area contributed by atoms with Crippen LogP contribution < -0.4 is 0 Å². The van der Waals surface area contributed by atoms with Gasteiger partial charge in [-0.05, 0) is 19.1 Å². The lowest BCUT2D eigenvalue weighted by molar-refractivity contribution is 0.167. The van der Waals surface area contributed by atoms with E-state index in [-0.39, 0.29) is 0 Å². The largest absolute Gasteiger partial charge is 0.368 e. The first-order valence-corrected chi connectivity index (χ1v) is 3.93. The Hall–Kier alpha value is 0.310. The van der Waals surface area contributed by atoms with Gasteiger partial charge in [-0.25, -0.2) is 0 Å². The molecule has 0 saturated heterocycles. The molecule has 0 bridgehead atoms. The van der Waals surface area contributed by atoms with Gasteiger partial charge in [0.25, 0.3) is 0 Å². The molecular weight excluding hydrogens is 108 g/mol. The van der Waals surface area contributed by atoms with E-state index in [1.54, 1.807) is 11.8 Å². The topological polar surface area (TPSA) is 9.23 Å². The number of thioether (sulfide) groups is 1. The summed E-state index contributed by atoms with van der Waals surface area (Å²) in [6.45, 7) is 0. The molecule has 0 heterocycles. The summed E-state index contributed by atoms with van der Waals surface area (Å²) in [5, 5.41) is 0. The SMILES string of the molecule is CSCOC1CC1. The minimum Gasteiger partial charge on any atom is -0.368 e. The molecule has 2 heteroatoms. The molecule has 1 aliphatic rings. The highest BCUT2D eigenvalue weighted by Gasteiger charge is 2.21. The van der Waals surface area contributed by atoms with Crippen LogP contribution in [-0.4, -0.2) is 18.3 Å². The summed E-state index contributed by atoms with van der Waals surface area (Å²) in [5.74, 6) is 0.880. The summed E-state index contributed by atoms with van der Waals surface area (Å²) >= 11 is 1.75. The lowest BCUT2D eigenvalue weighted by Crippen LogP contribution is -1.89. The van der Waals surface area contributed by atoms with Crippen LogP contribution in [0.25, 0.3) is 0 Å². The van der Waals surface area contributed by atoms with E-state index >= 15 is 0 Å². The molecule has 42 valence electrons. The molecule has 0 N–H and O–H groups in total. The molecule has 0 radical (unpaired) electrons. The summed E-state index contributed by atoms with van der Waals surface area (Å²) in [4.78, 5) is 0. The van der Waals surface area contributed by atoms with Gasteiger partial charge in [-0.2, -0.15) is 0 Å². The highest BCUT2D eigenvalue weighted by atomic mass is 32.2. The van der Waals surface area contributed by atoms with Crippen molar-refractivity contribution in [3.8, 4) is 0 Å². The quantitative estimate of drug-likeness (QED) is 0.519. The van der Waals surface area contributed by atoms with E-state index in [1.807, 2.05) is 0 Å². The molecule has 0 aromatic rings. The number of hydrogen-bond donors (Lipinski definition) is 0. The van der Waals surface area contributed by atoms with Crippen molar-refractivity contribution in [3.05, 3.63) is 0 Å². The van der Waals surface area contributed by atoms with Crippen LogP contribution >= 0.6 is 11.8 Å². The molecule has 0 atom stereocenters. The van der Waals surface area contributed by atoms with Gasteiger partial charge in [-0.3, -0.25) is 0 Å². The Kier molecular flexibility index (Phi) is 2.00. The Morgan fingerprint density at radius 3 is 2.86 bits per heavy atom. The minimum atomic E-state index is 0.632. The molecule has 0 aromatic heterocycles. The maximum Gasteiger partial charge on any atom is 0.0921 e. The van der Waals surface area contributed by atoms with Gasteiger partial charge in [-0.15, -0.1) is 11.8 Å². The van der Waals surface area contributed by atoms with E-state index in [0.717, 1.165) is 5.94 Å². The molecule has 1 fully saturated rings. The van der Waals surface area contributed by atoms with E-state index in [9.17, 15) is 0 Å². The Balaban J connectivity index is 1.80. The number of hydrogen-bond acceptors (Lipinski definition) is 2. The summed E-state index contributed by atoms with van der Waals surface area (Å²) in [6, 6.07) is 0. The molecule has 0 spiro atoms. The van der Waals surface area contributed by atoms with Gasteiger partial charge in [0.1, 0.15) is 0 Å². The van der Waals surface area contributed by atoms with Crippen LogP contribution in [0.2, 0.25) is 0 Å². The van der Waals surface area contributed by atoms with Crippen LogP contribution in [0.3, 0.4) is 0 Å². The van der Waals surface area contributed by atoms with Gasteiger partial charge in [0, 0.05) is 0 Å². The molecule has 1 saturated carbocycles. The highest BCUT2D eigenvalue weighted by Crippen LogP contribution is 2.23. The van der Waals surface area contributed by atoms with Crippen molar-refractivity contribution in [2.75, 3.05) is 12.2 Å². The normalized spacial score (nSPS) is 20.1. The third-order valence-electron chi connectivity index (χ3n) is 0.946. The molecular formula is C5H10OS. The summed E-state index contributed by atoms with van der Waals surface area (Å²) in [7, 11) is 0. The van der Waals surface area contributed by atoms with Gasteiger partial charge in [0.2, 0.25) is 0 Å². The maximum atomic E-state index is 5.27. The standard InChI is InChI=1S/C5H10OS/c1-7-4-6-5-2-3-5/h5H,2-4H2,1H3. The smallest absolute Gasteiger partial charge is 0.0921 e. The molecule has 0 aliphatic heterocycles. The van der Waals surface area contributed by atoms with E-state index in [1.165, 1.54) is 12.8 Å². The predicted octanol–water partition coefficient (Wildman–Crippen LogP) is 1.49. The van der Waals surface area contributed by atoms with Crippen LogP contribution in [-0.2, 0) is 4.74 Å². The lowest BCUT2D eigenvalue weighted by atomic mass is 10.9. The summed E-state index contributed by atoms with van der Waals surface area (Å²) in [5.41, 5.74) is 0. The van der Waals surface area contributed by atoms with Crippen molar-refractivity contribution in [1.82, 2.24) is 0 Å². The van der Waals surface area contributed by atoms with Crippen LogP contribution in [0.4, 0.5) is 0 Å². The Labute approximate surface area is 48.4 Å². The molecule has 7 heavy (non-hydrogen) atoms. The lowest BCUT2D eigenvalue weighted by Gasteiger charge is -1.93. The Morgan fingerprint density at radius 2 is 2.43 bits per heavy atom. The third-order valence-corrected chi connectivity index (χ3v) is 1.32. The van der Waals surface area contributed by atoms with Crippen molar-refractivity contribution < 1.29 is 4.74 Å². The number of ether oxygens (including phenoxy) is 1. The van der Waals surface area contributed by atoms with Crippen LogP contribution in [0.1, 0.15) is 12.8 Å². The molecule has 1 nitrogen and oxygen atoms in total. The minimum absolute atomic E-state index is 0.632. The highest BCUT2D eigenvalue weighted by molar-refractivity contribution is 7.98. The van der Waals surface area contributed by atoms with E-state index in [4.69, 9.17) is 4.74 Å². The van der Waals surface area contributed by atoms with Crippen LogP contribution in [0.5, 0.6) is 0 Å². The zero-order valence-electron chi connectivity index (χ0n) is 4.52. The molecule has 0 aromatic carbocycles. The van der Waals surface area contributed by atoms with Crippen LogP contribution in [0, 0.1) is 0 Å². The second kappa shape index (κ2) is 2.58. The molecule has 1 aliphatic carbocycles. The number of rotatable bonds is 3. The third kappa shape index (κ3) is 2.19. The van der Waals surface area contributed by atoms with Crippen molar-refractivity contribution in [2.24, 2.45) is 0 Å². The fourth-order valence-corrected chi connectivity index (χ4v) is 0.728. The summed E-state index contributed by atoms with van der Waals surface area (Å²) < 4.78 is 5.27. The molecule has 0 amide bonds. The first kappa shape index (κ1) is 5.45. The zero-order valence-corrected chi connectivity index (χ0v) is 5.33. The van der Waals surface area contributed by atoms with E-state index in [0.29, 0.717) is 6.10 Å². The van der Waals surface area contributed by atoms with Gasteiger partial charge < -0.3 is 4.74 Å². The Bertz CT molecular complexity index is 52.0. The maximum absolute atomic E-state index is 5.27. The van der Waals surface area contributed by atoms with Gasteiger partial charge in [0.05, 0.1) is 12.0 Å². The average Bonchev–Trinajstić information content (AvgIpc) is 2.42. The first-order chi connectivity index (χ1) is 3.43. The van der Waals surface area contributed by atoms with Gasteiger partial charge >= 0.3 is 0 Å². The van der Waals surface area contributed by atoms with Crippen molar-refractivity contribution in [1.29, 1.82) is 0 Å². The van der Waals surface area contributed by atoms with E-state index in [2.05, 4.69) is 6.26 Å². The molecule has 0 unspecified atom stereocenters. The fourth-order valence-electron chi connectivity index (χ4n) is 0.399. The average molecular weight is 118 g/mol. The van der Waals surface area contributed by atoms with Crippen molar-refractivity contribution in [2.45, 2.75) is 18.9 Å². The van der Waals surface area contributed by atoms with Crippen molar-refractivity contribution >= 4 is 11.8 Å². The summed E-state index contributed by atoms with van der Waals surface area (Å²) in [6.07, 6.45) is 5.27. The monoisotopic (exact) mass is 118 g/mol. The van der Waals surface area contributed by atoms with Crippen LogP contribution in [0.15, 0.2) is 0 Å². The fraction of sp³-hybridized carbons (Fsp3) is 1.00. The second-order valence-electron chi connectivity index (χ2n) is 1.77. The first-order valence-electron chi connectivity index (χ1n) is 2.54. The predicted molar refractivity (Wildman–Crippen MR) is 32.5 cm³/mol. The van der Waals surface area contributed by atoms with Gasteiger partial charge in [0.15, 0.2) is 0 Å². The molecule has 1 rings (SSSR count).